The number of thiazole rings is 1. The van der Waals surface area contributed by atoms with E-state index in [0.29, 0.717) is 27.8 Å². The summed E-state index contributed by atoms with van der Waals surface area (Å²) in [4.78, 5) is 28.1. The number of nitrogens with zero attached hydrogens (tertiary/aromatic N) is 1. The van der Waals surface area contributed by atoms with E-state index in [0.717, 1.165) is 16.9 Å². The minimum atomic E-state index is -1.02. The molecule has 2 heterocycles. The average Bonchev–Trinajstić information content (AvgIpc) is 3.02. The van der Waals surface area contributed by atoms with Gasteiger partial charge in [0, 0.05) is 5.56 Å². The Kier molecular flexibility index (Phi) is 4.94. The highest BCUT2D eigenvalue weighted by Gasteiger charge is 2.22. The fraction of sp³-hybridized carbons (Fsp3) is 0.278. The largest absolute Gasteiger partial charge is 0.497 e. The van der Waals surface area contributed by atoms with E-state index in [9.17, 15) is 9.59 Å². The normalized spacial score (nSPS) is 13.9. The predicted molar refractivity (Wildman–Crippen MR) is 96.8 cm³/mol. The molecular weight excluding hydrogens is 356 g/mol. The summed E-state index contributed by atoms with van der Waals surface area (Å²) < 4.78 is 10.8. The van der Waals surface area contributed by atoms with Crippen LogP contribution in [0.1, 0.15) is 38.9 Å². The number of nitrogens with one attached hydrogen (secondary N) is 1. The number of rotatable bonds is 5. The van der Waals surface area contributed by atoms with Crippen LogP contribution in [0.2, 0.25) is 0 Å². The molecule has 0 aliphatic carbocycles. The number of amides is 1. The van der Waals surface area contributed by atoms with E-state index in [2.05, 4.69) is 10.3 Å². The Morgan fingerprint density at radius 2 is 2.19 bits per heavy atom. The second kappa shape index (κ2) is 7.17. The first kappa shape index (κ1) is 17.9. The first-order chi connectivity index (χ1) is 12.4. The maximum absolute atomic E-state index is 12.5. The van der Waals surface area contributed by atoms with Crippen molar-refractivity contribution in [3.05, 3.63) is 44.9 Å². The van der Waals surface area contributed by atoms with Crippen LogP contribution in [0.25, 0.3) is 6.08 Å². The minimum absolute atomic E-state index is 0.162. The summed E-state index contributed by atoms with van der Waals surface area (Å²) in [5.41, 5.74) is 1.69. The summed E-state index contributed by atoms with van der Waals surface area (Å²) in [6, 6.07) is 4.99. The molecule has 0 fully saturated rings. The van der Waals surface area contributed by atoms with Crippen LogP contribution >= 0.6 is 11.3 Å². The smallest absolute Gasteiger partial charge is 0.347 e. The molecule has 26 heavy (non-hydrogen) atoms. The first-order valence-electron chi connectivity index (χ1n) is 7.92. The van der Waals surface area contributed by atoms with Crippen LogP contribution in [0.3, 0.4) is 0 Å². The van der Waals surface area contributed by atoms with Crippen LogP contribution in [0.5, 0.6) is 11.5 Å². The number of aryl methyl sites for hydroxylation is 1. The molecule has 2 aromatic rings. The third-order valence-corrected chi connectivity index (χ3v) is 5.28. The number of carbonyl (C=O) groups is 2. The molecule has 1 amide bonds. The number of methoxy groups -OCH3 is 1. The molecule has 0 spiro atoms. The van der Waals surface area contributed by atoms with Crippen molar-refractivity contribution in [2.75, 3.05) is 13.7 Å². The molecule has 3 rings (SSSR count). The first-order valence-corrected chi connectivity index (χ1v) is 8.73. The van der Waals surface area contributed by atoms with Gasteiger partial charge in [-0.3, -0.25) is 4.79 Å². The molecule has 1 atom stereocenters. The molecule has 0 saturated heterocycles. The molecule has 2 N–H and O–H groups in total. The SMILES string of the molecule is COc1ccc2c(c1)C=C(C(=O)NC(C)c1nc(C)c(C(=O)O)s1)CO2. The number of carbonyl (C=O) groups excluding carboxylic acids is 1. The summed E-state index contributed by atoms with van der Waals surface area (Å²) in [6.07, 6.45) is 1.76. The zero-order chi connectivity index (χ0) is 18.8. The Labute approximate surface area is 154 Å². The number of ether oxygens (including phenoxy) is 2. The molecular formula is C18H18N2O5S. The van der Waals surface area contributed by atoms with E-state index in [4.69, 9.17) is 14.6 Å². The average molecular weight is 374 g/mol. The van der Waals surface area contributed by atoms with Gasteiger partial charge in [-0.15, -0.1) is 11.3 Å². The lowest BCUT2D eigenvalue weighted by molar-refractivity contribution is -0.118. The molecule has 8 heteroatoms. The van der Waals surface area contributed by atoms with Crippen molar-refractivity contribution in [1.29, 1.82) is 0 Å². The van der Waals surface area contributed by atoms with E-state index >= 15 is 0 Å². The molecule has 0 bridgehead atoms. The molecule has 1 aliphatic heterocycles. The van der Waals surface area contributed by atoms with Gasteiger partial charge in [-0.2, -0.15) is 0 Å². The zero-order valence-electron chi connectivity index (χ0n) is 14.5. The van der Waals surface area contributed by atoms with E-state index < -0.39 is 12.0 Å². The second-order valence-electron chi connectivity index (χ2n) is 5.83. The molecule has 7 nitrogen and oxygen atoms in total. The molecule has 1 unspecified atom stereocenters. The number of hydrogen-bond acceptors (Lipinski definition) is 6. The van der Waals surface area contributed by atoms with Crippen molar-refractivity contribution in [1.82, 2.24) is 10.3 Å². The van der Waals surface area contributed by atoms with Gasteiger partial charge in [0.05, 0.1) is 24.4 Å². The van der Waals surface area contributed by atoms with E-state index in [1.54, 1.807) is 45.2 Å². The summed E-state index contributed by atoms with van der Waals surface area (Å²) in [5, 5.41) is 12.5. The monoisotopic (exact) mass is 374 g/mol. The van der Waals surface area contributed by atoms with Crippen molar-refractivity contribution >= 4 is 29.3 Å². The number of aromatic carboxylic acids is 1. The van der Waals surface area contributed by atoms with E-state index in [1.165, 1.54) is 0 Å². The molecule has 0 radical (unpaired) electrons. The number of carboxylic acid groups (broad SMARTS) is 1. The molecule has 1 aliphatic rings. The quantitative estimate of drug-likeness (QED) is 0.835. The Balaban J connectivity index is 1.76. The van der Waals surface area contributed by atoms with Gasteiger partial charge in [0.25, 0.3) is 5.91 Å². The standard InChI is InChI=1S/C18H18N2O5S/c1-9-15(18(22)23)26-17(20-9)10(2)19-16(21)12-6-11-7-13(24-3)4-5-14(11)25-8-12/h4-7,10H,8H2,1-3H3,(H,19,21)(H,22,23). The van der Waals surface area contributed by atoms with Crippen molar-refractivity contribution in [2.24, 2.45) is 0 Å². The predicted octanol–water partition coefficient (Wildman–Crippen LogP) is 2.81. The third-order valence-electron chi connectivity index (χ3n) is 3.95. The second-order valence-corrected chi connectivity index (χ2v) is 6.86. The Morgan fingerprint density at radius 1 is 1.42 bits per heavy atom. The highest BCUT2D eigenvalue weighted by Crippen LogP contribution is 2.30. The molecule has 1 aromatic heterocycles. The van der Waals surface area contributed by atoms with Gasteiger partial charge in [0.2, 0.25) is 0 Å². The fourth-order valence-corrected chi connectivity index (χ4v) is 3.47. The Bertz CT molecular complexity index is 903. The van der Waals surface area contributed by atoms with Gasteiger partial charge in [-0.1, -0.05) is 0 Å². The maximum atomic E-state index is 12.5. The highest BCUT2D eigenvalue weighted by molar-refractivity contribution is 7.13. The van der Waals surface area contributed by atoms with Crippen LogP contribution < -0.4 is 14.8 Å². The Hall–Kier alpha value is -2.87. The lowest BCUT2D eigenvalue weighted by Crippen LogP contribution is -2.30. The van der Waals surface area contributed by atoms with Gasteiger partial charge in [-0.25, -0.2) is 9.78 Å². The lowest BCUT2D eigenvalue weighted by Gasteiger charge is -2.19. The third kappa shape index (κ3) is 3.55. The number of carboxylic acids is 1. The van der Waals surface area contributed by atoms with Crippen molar-refractivity contribution in [3.8, 4) is 11.5 Å². The summed E-state index contributed by atoms with van der Waals surface area (Å²) in [6.45, 7) is 3.57. The van der Waals surface area contributed by atoms with Crippen LogP contribution in [-0.4, -0.2) is 35.7 Å². The van der Waals surface area contributed by atoms with Crippen LogP contribution in [0, 0.1) is 6.92 Å². The number of hydrogen-bond donors (Lipinski definition) is 2. The van der Waals surface area contributed by atoms with Gasteiger partial charge < -0.3 is 19.9 Å². The molecule has 0 saturated carbocycles. The van der Waals surface area contributed by atoms with E-state index in [1.807, 2.05) is 0 Å². The fourth-order valence-electron chi connectivity index (χ4n) is 2.57. The van der Waals surface area contributed by atoms with Crippen LogP contribution in [0.4, 0.5) is 0 Å². The maximum Gasteiger partial charge on any atom is 0.347 e. The summed E-state index contributed by atoms with van der Waals surface area (Å²) in [7, 11) is 1.58. The van der Waals surface area contributed by atoms with Crippen molar-refractivity contribution in [3.63, 3.8) is 0 Å². The van der Waals surface area contributed by atoms with Gasteiger partial charge in [0.1, 0.15) is 28.0 Å². The van der Waals surface area contributed by atoms with Gasteiger partial charge in [-0.05, 0) is 38.1 Å². The topological polar surface area (TPSA) is 97.8 Å². The van der Waals surface area contributed by atoms with Crippen molar-refractivity contribution < 1.29 is 24.2 Å². The van der Waals surface area contributed by atoms with Crippen LogP contribution in [-0.2, 0) is 4.79 Å². The zero-order valence-corrected chi connectivity index (χ0v) is 15.3. The number of fused-ring (bicyclic) bond motifs is 1. The Morgan fingerprint density at radius 3 is 2.85 bits per heavy atom. The highest BCUT2D eigenvalue weighted by atomic mass is 32.1. The van der Waals surface area contributed by atoms with Gasteiger partial charge >= 0.3 is 5.97 Å². The summed E-state index contributed by atoms with van der Waals surface area (Å²) >= 11 is 1.07. The summed E-state index contributed by atoms with van der Waals surface area (Å²) in [5.74, 6) is 0.0737. The molecule has 136 valence electrons. The minimum Gasteiger partial charge on any atom is -0.497 e. The van der Waals surface area contributed by atoms with Crippen LogP contribution in [0.15, 0.2) is 23.8 Å². The molecule has 1 aromatic carbocycles. The van der Waals surface area contributed by atoms with Gasteiger partial charge in [0.15, 0.2) is 0 Å². The number of aromatic nitrogens is 1. The number of benzene rings is 1. The lowest BCUT2D eigenvalue weighted by atomic mass is 10.1. The van der Waals surface area contributed by atoms with E-state index in [-0.39, 0.29) is 17.4 Å². The van der Waals surface area contributed by atoms with Crippen molar-refractivity contribution in [2.45, 2.75) is 19.9 Å².